The summed E-state index contributed by atoms with van der Waals surface area (Å²) in [5.41, 5.74) is 8.10. The topological polar surface area (TPSA) is 55.3 Å². The summed E-state index contributed by atoms with van der Waals surface area (Å²) in [5, 5.41) is 0. The van der Waals surface area contributed by atoms with Crippen molar-refractivity contribution in [2.24, 2.45) is 0 Å². The zero-order valence-corrected chi connectivity index (χ0v) is 10.0. The maximum absolute atomic E-state index is 5.88. The molecule has 0 amide bonds. The van der Waals surface area contributed by atoms with E-state index < -0.39 is 0 Å². The van der Waals surface area contributed by atoms with Gasteiger partial charge in [0.1, 0.15) is 5.52 Å². The summed E-state index contributed by atoms with van der Waals surface area (Å²) in [6, 6.07) is 6.89. The molecule has 2 N–H and O–H groups in total. The van der Waals surface area contributed by atoms with Gasteiger partial charge in [-0.1, -0.05) is 18.9 Å². The van der Waals surface area contributed by atoms with Crippen LogP contribution in [0.15, 0.2) is 22.6 Å². The molecule has 4 nitrogen and oxygen atoms in total. The summed E-state index contributed by atoms with van der Waals surface area (Å²) >= 11 is 0. The highest BCUT2D eigenvalue weighted by Crippen LogP contribution is 2.30. The molecule has 3 rings (SSSR count). The molecular formula is C13H17N3O. The van der Waals surface area contributed by atoms with Crippen LogP contribution in [0.5, 0.6) is 0 Å². The number of nitrogens with two attached hydrogens (primary N) is 1. The highest BCUT2D eigenvalue weighted by molar-refractivity contribution is 5.86. The number of benzene rings is 1. The Balaban J connectivity index is 1.97. The van der Waals surface area contributed by atoms with Gasteiger partial charge in [0, 0.05) is 13.1 Å². The van der Waals surface area contributed by atoms with E-state index >= 15 is 0 Å². The summed E-state index contributed by atoms with van der Waals surface area (Å²) in [6.45, 7) is 0. The van der Waals surface area contributed by atoms with E-state index in [4.69, 9.17) is 10.2 Å². The first-order chi connectivity index (χ1) is 8.25. The van der Waals surface area contributed by atoms with Crippen LogP contribution >= 0.6 is 0 Å². The van der Waals surface area contributed by atoms with E-state index in [1.165, 1.54) is 25.7 Å². The Hall–Kier alpha value is -1.71. The minimum atomic E-state index is 0.560. The monoisotopic (exact) mass is 231 g/mol. The molecule has 0 aliphatic heterocycles. The fourth-order valence-electron chi connectivity index (χ4n) is 2.56. The first-order valence-corrected chi connectivity index (χ1v) is 6.13. The minimum Gasteiger partial charge on any atom is -0.423 e. The summed E-state index contributed by atoms with van der Waals surface area (Å²) in [4.78, 5) is 6.64. The predicted octanol–water partition coefficient (Wildman–Crippen LogP) is 2.79. The van der Waals surface area contributed by atoms with Crippen LogP contribution in [0, 0.1) is 0 Å². The average molecular weight is 231 g/mol. The molecule has 1 aromatic heterocycles. The lowest BCUT2D eigenvalue weighted by Gasteiger charge is -2.21. The zero-order chi connectivity index (χ0) is 11.8. The summed E-state index contributed by atoms with van der Waals surface area (Å²) in [6.07, 6.45) is 5.06. The fourth-order valence-corrected chi connectivity index (χ4v) is 2.56. The number of hydrogen-bond donors (Lipinski definition) is 1. The van der Waals surface area contributed by atoms with Crippen LogP contribution in [-0.4, -0.2) is 18.1 Å². The fraction of sp³-hybridized carbons (Fsp3) is 0.462. The van der Waals surface area contributed by atoms with Crippen molar-refractivity contribution >= 4 is 22.8 Å². The molecule has 0 radical (unpaired) electrons. The lowest BCUT2D eigenvalue weighted by Crippen LogP contribution is -2.28. The van der Waals surface area contributed by atoms with Crippen molar-refractivity contribution in [1.82, 2.24) is 4.98 Å². The van der Waals surface area contributed by atoms with Gasteiger partial charge in [0.05, 0.1) is 5.69 Å². The molecule has 0 bridgehead atoms. The van der Waals surface area contributed by atoms with Crippen molar-refractivity contribution in [2.45, 2.75) is 31.7 Å². The number of fused-ring (bicyclic) bond motifs is 1. The van der Waals surface area contributed by atoms with E-state index in [0.29, 0.717) is 17.7 Å². The molecule has 2 aromatic rings. The molecule has 1 aliphatic carbocycles. The molecule has 0 saturated heterocycles. The summed E-state index contributed by atoms with van der Waals surface area (Å²) in [5.74, 6) is 0. The molecule has 1 heterocycles. The van der Waals surface area contributed by atoms with Gasteiger partial charge in [-0.15, -0.1) is 0 Å². The third-order valence-electron chi connectivity index (χ3n) is 3.61. The van der Waals surface area contributed by atoms with Gasteiger partial charge in [0.15, 0.2) is 5.58 Å². The molecule has 0 unspecified atom stereocenters. The van der Waals surface area contributed by atoms with E-state index in [-0.39, 0.29) is 0 Å². The number of hydrogen-bond acceptors (Lipinski definition) is 4. The van der Waals surface area contributed by atoms with E-state index in [9.17, 15) is 0 Å². The number of para-hydroxylation sites is 1. The van der Waals surface area contributed by atoms with Crippen molar-refractivity contribution in [3.8, 4) is 0 Å². The third kappa shape index (κ3) is 1.73. The molecule has 0 atom stereocenters. The number of anilines is 2. The minimum absolute atomic E-state index is 0.560. The van der Waals surface area contributed by atoms with E-state index in [0.717, 1.165) is 11.1 Å². The van der Waals surface area contributed by atoms with Crippen molar-refractivity contribution in [2.75, 3.05) is 17.7 Å². The molecule has 4 heteroatoms. The molecule has 1 saturated carbocycles. The normalized spacial score (nSPS) is 16.8. The maximum Gasteiger partial charge on any atom is 0.298 e. The second kappa shape index (κ2) is 3.95. The van der Waals surface area contributed by atoms with Crippen LogP contribution in [0.2, 0.25) is 0 Å². The van der Waals surface area contributed by atoms with Gasteiger partial charge in [-0.25, -0.2) is 0 Å². The van der Waals surface area contributed by atoms with Crippen LogP contribution in [-0.2, 0) is 0 Å². The van der Waals surface area contributed by atoms with Crippen LogP contribution < -0.4 is 10.6 Å². The van der Waals surface area contributed by atoms with Crippen LogP contribution in [0.4, 0.5) is 11.7 Å². The van der Waals surface area contributed by atoms with Gasteiger partial charge in [0.25, 0.3) is 6.01 Å². The predicted molar refractivity (Wildman–Crippen MR) is 69.1 cm³/mol. The second-order valence-corrected chi connectivity index (χ2v) is 4.74. The molecule has 1 aliphatic rings. The largest absolute Gasteiger partial charge is 0.423 e. The van der Waals surface area contributed by atoms with Crippen LogP contribution in [0.3, 0.4) is 0 Å². The van der Waals surface area contributed by atoms with Gasteiger partial charge in [-0.3, -0.25) is 0 Å². The van der Waals surface area contributed by atoms with E-state index in [2.05, 4.69) is 16.9 Å². The maximum atomic E-state index is 5.88. The Kier molecular flexibility index (Phi) is 2.42. The smallest absolute Gasteiger partial charge is 0.298 e. The van der Waals surface area contributed by atoms with Crippen molar-refractivity contribution in [1.29, 1.82) is 0 Å². The van der Waals surface area contributed by atoms with E-state index in [1.54, 1.807) is 0 Å². The Morgan fingerprint density at radius 3 is 2.82 bits per heavy atom. The molecule has 0 spiro atoms. The van der Waals surface area contributed by atoms with Crippen molar-refractivity contribution < 1.29 is 4.42 Å². The number of rotatable bonds is 2. The quantitative estimate of drug-likeness (QED) is 0.807. The number of nitrogens with zero attached hydrogens (tertiary/aromatic N) is 2. The van der Waals surface area contributed by atoms with Gasteiger partial charge in [-0.05, 0) is 25.0 Å². The number of nitrogen functional groups attached to an aromatic ring is 1. The second-order valence-electron chi connectivity index (χ2n) is 4.74. The van der Waals surface area contributed by atoms with Crippen molar-refractivity contribution in [3.05, 3.63) is 18.2 Å². The number of oxazole rings is 1. The summed E-state index contributed by atoms with van der Waals surface area (Å²) in [7, 11) is 2.05. The first kappa shape index (κ1) is 10.4. The molecule has 1 fully saturated rings. The Labute approximate surface area is 100 Å². The third-order valence-corrected chi connectivity index (χ3v) is 3.61. The highest BCUT2D eigenvalue weighted by Gasteiger charge is 2.23. The Morgan fingerprint density at radius 2 is 2.12 bits per heavy atom. The Bertz CT molecular complexity index is 528. The molecule has 17 heavy (non-hydrogen) atoms. The first-order valence-electron chi connectivity index (χ1n) is 6.13. The number of aromatic nitrogens is 1. The van der Waals surface area contributed by atoms with Gasteiger partial charge in [0.2, 0.25) is 0 Å². The van der Waals surface area contributed by atoms with E-state index in [1.807, 2.05) is 18.2 Å². The van der Waals surface area contributed by atoms with Crippen LogP contribution in [0.1, 0.15) is 25.7 Å². The van der Waals surface area contributed by atoms with Gasteiger partial charge in [-0.2, -0.15) is 4.98 Å². The lowest BCUT2D eigenvalue weighted by molar-refractivity contribution is 0.538. The van der Waals surface area contributed by atoms with Crippen LogP contribution in [0.25, 0.3) is 11.1 Å². The standard InChI is InChI=1S/C13H17N3O/c1-16(9-5-2-3-6-9)13-15-12-10(14)7-4-8-11(12)17-13/h4,7-9H,2-3,5-6,14H2,1H3. The average Bonchev–Trinajstić information content (AvgIpc) is 2.98. The SMILES string of the molecule is CN(c1nc2c(N)cccc2o1)C1CCCC1. The molecule has 1 aromatic carbocycles. The summed E-state index contributed by atoms with van der Waals surface area (Å²) < 4.78 is 5.76. The molecular weight excluding hydrogens is 214 g/mol. The van der Waals surface area contributed by atoms with Gasteiger partial charge >= 0.3 is 0 Å². The lowest BCUT2D eigenvalue weighted by atomic mass is 10.2. The zero-order valence-electron chi connectivity index (χ0n) is 10.0. The van der Waals surface area contributed by atoms with Gasteiger partial charge < -0.3 is 15.1 Å². The van der Waals surface area contributed by atoms with Crippen molar-refractivity contribution in [3.63, 3.8) is 0 Å². The molecule has 90 valence electrons. The highest BCUT2D eigenvalue weighted by atomic mass is 16.4. The Morgan fingerprint density at radius 1 is 1.35 bits per heavy atom.